The number of nitrogens with one attached hydrogen (secondary N) is 1. The van der Waals surface area contributed by atoms with Crippen molar-refractivity contribution in [1.82, 2.24) is 5.01 Å². The Kier molecular flexibility index (Phi) is 3.68. The summed E-state index contributed by atoms with van der Waals surface area (Å²) in [5.41, 5.74) is 9.69. The molecule has 0 radical (unpaired) electrons. The van der Waals surface area contributed by atoms with Gasteiger partial charge in [0.25, 0.3) is 0 Å². The maximum Gasteiger partial charge on any atom is 0.0522 e. The van der Waals surface area contributed by atoms with Gasteiger partial charge in [-0.15, -0.1) is 0 Å². The molecule has 0 saturated heterocycles. The lowest BCUT2D eigenvalue weighted by Crippen LogP contribution is -2.20. The molecular weight excluding hydrogens is 220 g/mol. The van der Waals surface area contributed by atoms with E-state index in [1.807, 2.05) is 25.2 Å². The maximum atomic E-state index is 3.33. The average Bonchev–Trinajstić information content (AvgIpc) is 2.36. The van der Waals surface area contributed by atoms with Crippen LogP contribution < -0.4 is 5.43 Å². The van der Waals surface area contributed by atoms with Gasteiger partial charge >= 0.3 is 0 Å². The normalized spacial score (nSPS) is 10.7. The summed E-state index contributed by atoms with van der Waals surface area (Å²) in [4.78, 5) is 0. The molecule has 94 valence electrons. The van der Waals surface area contributed by atoms with Crippen LogP contribution in [0.5, 0.6) is 0 Å². The number of hydrogen-bond donors (Lipinski definition) is 1. The lowest BCUT2D eigenvalue weighted by Gasteiger charge is -2.19. The molecule has 0 aliphatic carbocycles. The molecule has 0 aromatic heterocycles. The molecular formula is C16H20N2. The van der Waals surface area contributed by atoms with Crippen molar-refractivity contribution in [2.75, 3.05) is 19.5 Å². The van der Waals surface area contributed by atoms with Crippen molar-refractivity contribution >= 4 is 5.69 Å². The first-order valence-corrected chi connectivity index (χ1v) is 6.19. The van der Waals surface area contributed by atoms with Crippen molar-refractivity contribution in [3.05, 3.63) is 53.6 Å². The van der Waals surface area contributed by atoms with Gasteiger partial charge in [-0.1, -0.05) is 36.4 Å². The molecule has 0 fully saturated rings. The highest BCUT2D eigenvalue weighted by molar-refractivity contribution is 5.72. The van der Waals surface area contributed by atoms with Gasteiger partial charge in [-0.2, -0.15) is 0 Å². The average molecular weight is 240 g/mol. The van der Waals surface area contributed by atoms with E-state index in [1.165, 1.54) is 22.3 Å². The van der Waals surface area contributed by atoms with Crippen LogP contribution in [0.4, 0.5) is 5.69 Å². The molecule has 1 N–H and O–H groups in total. The first-order chi connectivity index (χ1) is 8.59. The molecule has 0 saturated carbocycles. The Morgan fingerprint density at radius 1 is 0.833 bits per heavy atom. The summed E-state index contributed by atoms with van der Waals surface area (Å²) >= 11 is 0. The SMILES string of the molecule is Cc1c(NN(C)C)ccc(-c2ccccc2)c1C. The minimum absolute atomic E-state index is 1.16. The maximum absolute atomic E-state index is 3.33. The zero-order valence-electron chi connectivity index (χ0n) is 11.5. The Balaban J connectivity index is 2.44. The van der Waals surface area contributed by atoms with Crippen molar-refractivity contribution in [3.63, 3.8) is 0 Å². The standard InChI is InChI=1S/C16H20N2/c1-12-13(2)16(17-18(3)4)11-10-15(12)14-8-6-5-7-9-14/h5-11,17H,1-4H3. The number of rotatable bonds is 3. The summed E-state index contributed by atoms with van der Waals surface area (Å²) in [5.74, 6) is 0. The van der Waals surface area contributed by atoms with E-state index in [4.69, 9.17) is 0 Å². The van der Waals surface area contributed by atoms with Crippen LogP contribution in [0.3, 0.4) is 0 Å². The molecule has 18 heavy (non-hydrogen) atoms. The Morgan fingerprint density at radius 3 is 2.11 bits per heavy atom. The molecule has 0 aliphatic rings. The van der Waals surface area contributed by atoms with Gasteiger partial charge in [-0.05, 0) is 42.2 Å². The second-order valence-electron chi connectivity index (χ2n) is 4.78. The quantitative estimate of drug-likeness (QED) is 0.820. The van der Waals surface area contributed by atoms with Crippen molar-refractivity contribution in [1.29, 1.82) is 0 Å². The Labute approximate surface area is 109 Å². The molecule has 2 heteroatoms. The number of benzene rings is 2. The second kappa shape index (κ2) is 5.23. The van der Waals surface area contributed by atoms with Crippen molar-refractivity contribution < 1.29 is 0 Å². The first-order valence-electron chi connectivity index (χ1n) is 6.19. The second-order valence-corrected chi connectivity index (χ2v) is 4.78. The Hall–Kier alpha value is -1.80. The number of anilines is 1. The molecule has 0 amide bonds. The number of nitrogens with zero attached hydrogens (tertiary/aromatic N) is 1. The molecule has 0 atom stereocenters. The molecule has 2 aromatic rings. The molecule has 0 unspecified atom stereocenters. The van der Waals surface area contributed by atoms with E-state index in [1.54, 1.807) is 0 Å². The van der Waals surface area contributed by atoms with E-state index >= 15 is 0 Å². The van der Waals surface area contributed by atoms with Gasteiger partial charge in [0.05, 0.1) is 5.69 Å². The largest absolute Gasteiger partial charge is 0.319 e. The molecule has 0 aliphatic heterocycles. The molecule has 0 heterocycles. The highest BCUT2D eigenvalue weighted by atomic mass is 15.5. The van der Waals surface area contributed by atoms with Crippen LogP contribution in [0.1, 0.15) is 11.1 Å². The van der Waals surface area contributed by atoms with Crippen LogP contribution >= 0.6 is 0 Å². The molecule has 2 aromatic carbocycles. The fourth-order valence-corrected chi connectivity index (χ4v) is 2.11. The van der Waals surface area contributed by atoms with Crippen LogP contribution in [-0.2, 0) is 0 Å². The third kappa shape index (κ3) is 2.54. The number of hydrogen-bond acceptors (Lipinski definition) is 2. The molecule has 2 nitrogen and oxygen atoms in total. The van der Waals surface area contributed by atoms with E-state index in [0.29, 0.717) is 0 Å². The summed E-state index contributed by atoms with van der Waals surface area (Å²) in [6.45, 7) is 4.34. The summed E-state index contributed by atoms with van der Waals surface area (Å²) < 4.78 is 0. The lowest BCUT2D eigenvalue weighted by atomic mass is 9.96. The Morgan fingerprint density at radius 2 is 1.50 bits per heavy atom. The van der Waals surface area contributed by atoms with E-state index in [9.17, 15) is 0 Å². The van der Waals surface area contributed by atoms with Crippen LogP contribution in [0.15, 0.2) is 42.5 Å². The highest BCUT2D eigenvalue weighted by Crippen LogP contribution is 2.29. The lowest BCUT2D eigenvalue weighted by molar-refractivity contribution is 0.495. The van der Waals surface area contributed by atoms with Crippen molar-refractivity contribution in [2.45, 2.75) is 13.8 Å². The van der Waals surface area contributed by atoms with Gasteiger partial charge in [0, 0.05) is 14.1 Å². The van der Waals surface area contributed by atoms with Gasteiger partial charge < -0.3 is 5.43 Å². The van der Waals surface area contributed by atoms with Gasteiger partial charge in [-0.25, -0.2) is 5.01 Å². The van der Waals surface area contributed by atoms with Crippen LogP contribution in [0, 0.1) is 13.8 Å². The smallest absolute Gasteiger partial charge is 0.0522 e. The third-order valence-corrected chi connectivity index (χ3v) is 3.22. The summed E-state index contributed by atoms with van der Waals surface area (Å²) in [6.07, 6.45) is 0. The van der Waals surface area contributed by atoms with Gasteiger partial charge in [0.2, 0.25) is 0 Å². The fraction of sp³-hybridized carbons (Fsp3) is 0.250. The Bertz CT molecular complexity index is 530. The topological polar surface area (TPSA) is 15.3 Å². The van der Waals surface area contributed by atoms with E-state index in [-0.39, 0.29) is 0 Å². The van der Waals surface area contributed by atoms with E-state index in [0.717, 1.165) is 5.69 Å². The van der Waals surface area contributed by atoms with Crippen LogP contribution in [-0.4, -0.2) is 19.1 Å². The van der Waals surface area contributed by atoms with Crippen LogP contribution in [0.25, 0.3) is 11.1 Å². The van der Waals surface area contributed by atoms with Gasteiger partial charge in [-0.3, -0.25) is 0 Å². The zero-order valence-corrected chi connectivity index (χ0v) is 11.5. The molecule has 0 spiro atoms. The highest BCUT2D eigenvalue weighted by Gasteiger charge is 2.07. The van der Waals surface area contributed by atoms with E-state index < -0.39 is 0 Å². The predicted octanol–water partition coefficient (Wildman–Crippen LogP) is 3.86. The molecule has 2 rings (SSSR count). The monoisotopic (exact) mass is 240 g/mol. The minimum atomic E-state index is 1.16. The van der Waals surface area contributed by atoms with E-state index in [2.05, 4.69) is 55.7 Å². The summed E-state index contributed by atoms with van der Waals surface area (Å²) in [6, 6.07) is 14.8. The minimum Gasteiger partial charge on any atom is -0.319 e. The zero-order chi connectivity index (χ0) is 13.1. The third-order valence-electron chi connectivity index (χ3n) is 3.22. The van der Waals surface area contributed by atoms with Crippen molar-refractivity contribution in [2.24, 2.45) is 0 Å². The summed E-state index contributed by atoms with van der Waals surface area (Å²) in [5, 5.41) is 1.96. The van der Waals surface area contributed by atoms with Crippen LogP contribution in [0.2, 0.25) is 0 Å². The fourth-order valence-electron chi connectivity index (χ4n) is 2.11. The molecule has 0 bridgehead atoms. The first kappa shape index (κ1) is 12.7. The van der Waals surface area contributed by atoms with Crippen molar-refractivity contribution in [3.8, 4) is 11.1 Å². The predicted molar refractivity (Wildman–Crippen MR) is 78.7 cm³/mol. The number of hydrazine groups is 1. The van der Waals surface area contributed by atoms with Gasteiger partial charge in [0.1, 0.15) is 0 Å². The van der Waals surface area contributed by atoms with Gasteiger partial charge in [0.15, 0.2) is 0 Å². The summed E-state index contributed by atoms with van der Waals surface area (Å²) in [7, 11) is 4.00.